The van der Waals surface area contributed by atoms with E-state index in [9.17, 15) is 0 Å². The Morgan fingerprint density at radius 1 is 1.00 bits per heavy atom. The van der Waals surface area contributed by atoms with Crippen molar-refractivity contribution in [1.82, 2.24) is 10.2 Å². The van der Waals surface area contributed by atoms with Crippen LogP contribution in [0.3, 0.4) is 0 Å². The summed E-state index contributed by atoms with van der Waals surface area (Å²) in [5.41, 5.74) is 0. The molecule has 17 heavy (non-hydrogen) atoms. The molecule has 2 rings (SSSR count). The third-order valence-electron chi connectivity index (χ3n) is 4.44. The van der Waals surface area contributed by atoms with Crippen molar-refractivity contribution in [2.45, 2.75) is 57.9 Å². The Kier molecular flexibility index (Phi) is 5.30. The fraction of sp³-hybridized carbons (Fsp3) is 1.00. The molecular formula is C15H30N2. The maximum Gasteiger partial charge on any atom is 0.0107 e. The Morgan fingerprint density at radius 2 is 1.76 bits per heavy atom. The predicted octanol–water partition coefficient (Wildman–Crippen LogP) is 2.89. The average molecular weight is 238 g/mol. The van der Waals surface area contributed by atoms with Gasteiger partial charge in [-0.2, -0.15) is 0 Å². The summed E-state index contributed by atoms with van der Waals surface area (Å²) < 4.78 is 0. The van der Waals surface area contributed by atoms with Gasteiger partial charge in [0.1, 0.15) is 0 Å². The zero-order valence-corrected chi connectivity index (χ0v) is 11.8. The van der Waals surface area contributed by atoms with Gasteiger partial charge in [-0.15, -0.1) is 0 Å². The summed E-state index contributed by atoms with van der Waals surface area (Å²) in [6, 6.07) is 0.782. The summed E-state index contributed by atoms with van der Waals surface area (Å²) in [6.45, 7) is 6.03. The van der Waals surface area contributed by atoms with E-state index < -0.39 is 0 Å². The minimum Gasteiger partial charge on any atom is -0.314 e. The van der Waals surface area contributed by atoms with Gasteiger partial charge in [0.15, 0.2) is 0 Å². The molecule has 0 aromatic carbocycles. The molecule has 0 aromatic rings. The van der Waals surface area contributed by atoms with E-state index >= 15 is 0 Å². The van der Waals surface area contributed by atoms with Gasteiger partial charge < -0.3 is 10.2 Å². The van der Waals surface area contributed by atoms with Crippen LogP contribution in [0.1, 0.15) is 51.9 Å². The fourth-order valence-corrected chi connectivity index (χ4v) is 3.35. The highest BCUT2D eigenvalue weighted by Crippen LogP contribution is 2.30. The lowest BCUT2D eigenvalue weighted by molar-refractivity contribution is 0.219. The van der Waals surface area contributed by atoms with Crippen LogP contribution in [0.4, 0.5) is 0 Å². The van der Waals surface area contributed by atoms with E-state index in [4.69, 9.17) is 0 Å². The quantitative estimate of drug-likeness (QED) is 0.716. The number of hydrogen-bond donors (Lipinski definition) is 1. The molecule has 2 saturated carbocycles. The lowest BCUT2D eigenvalue weighted by Gasteiger charge is -2.30. The fourth-order valence-electron chi connectivity index (χ4n) is 3.35. The van der Waals surface area contributed by atoms with Crippen molar-refractivity contribution >= 4 is 0 Å². The molecule has 0 heterocycles. The Bertz CT molecular complexity index is 213. The van der Waals surface area contributed by atoms with Gasteiger partial charge in [0.25, 0.3) is 0 Å². The van der Waals surface area contributed by atoms with E-state index in [1.54, 1.807) is 0 Å². The number of hydrogen-bond acceptors (Lipinski definition) is 2. The van der Waals surface area contributed by atoms with Crippen molar-refractivity contribution < 1.29 is 0 Å². The van der Waals surface area contributed by atoms with Crippen LogP contribution in [0.2, 0.25) is 0 Å². The van der Waals surface area contributed by atoms with Gasteiger partial charge in [0.05, 0.1) is 0 Å². The van der Waals surface area contributed by atoms with Crippen molar-refractivity contribution in [3.8, 4) is 0 Å². The molecule has 2 aliphatic rings. The molecule has 2 fully saturated rings. The SMILES string of the molecule is CCNC1CCCCCC1CN(C)CC1CC1. The summed E-state index contributed by atoms with van der Waals surface area (Å²) in [5.74, 6) is 1.92. The van der Waals surface area contributed by atoms with Gasteiger partial charge in [0, 0.05) is 19.1 Å². The minimum atomic E-state index is 0.782. The molecule has 2 heteroatoms. The highest BCUT2D eigenvalue weighted by Gasteiger charge is 2.27. The van der Waals surface area contributed by atoms with Crippen LogP contribution in [0.15, 0.2) is 0 Å². The Balaban J connectivity index is 1.80. The van der Waals surface area contributed by atoms with Gasteiger partial charge in [-0.25, -0.2) is 0 Å². The van der Waals surface area contributed by atoms with Crippen molar-refractivity contribution in [2.75, 3.05) is 26.7 Å². The molecule has 2 aliphatic carbocycles. The number of nitrogens with one attached hydrogen (secondary N) is 1. The van der Waals surface area contributed by atoms with Crippen LogP contribution in [0.5, 0.6) is 0 Å². The molecule has 2 nitrogen and oxygen atoms in total. The molecule has 0 amide bonds. The van der Waals surface area contributed by atoms with E-state index in [2.05, 4.69) is 24.2 Å². The van der Waals surface area contributed by atoms with Gasteiger partial charge in [-0.05, 0) is 51.1 Å². The minimum absolute atomic E-state index is 0.782. The second-order valence-corrected chi connectivity index (χ2v) is 6.23. The summed E-state index contributed by atoms with van der Waals surface area (Å²) >= 11 is 0. The van der Waals surface area contributed by atoms with Gasteiger partial charge in [-0.3, -0.25) is 0 Å². The maximum atomic E-state index is 3.72. The van der Waals surface area contributed by atoms with Crippen LogP contribution in [-0.2, 0) is 0 Å². The van der Waals surface area contributed by atoms with E-state index in [0.717, 1.165) is 24.4 Å². The topological polar surface area (TPSA) is 15.3 Å². The van der Waals surface area contributed by atoms with Crippen LogP contribution >= 0.6 is 0 Å². The molecule has 1 N–H and O–H groups in total. The van der Waals surface area contributed by atoms with Crippen molar-refractivity contribution in [1.29, 1.82) is 0 Å². The average Bonchev–Trinajstić information content (AvgIpc) is 3.09. The van der Waals surface area contributed by atoms with Crippen LogP contribution < -0.4 is 5.32 Å². The Hall–Kier alpha value is -0.0800. The maximum absolute atomic E-state index is 3.72. The molecule has 2 unspecified atom stereocenters. The van der Waals surface area contributed by atoms with Crippen molar-refractivity contribution in [3.63, 3.8) is 0 Å². The zero-order chi connectivity index (χ0) is 12.1. The van der Waals surface area contributed by atoms with Crippen molar-refractivity contribution in [2.24, 2.45) is 11.8 Å². The number of nitrogens with zero attached hydrogens (tertiary/aromatic N) is 1. The molecule has 0 spiro atoms. The summed E-state index contributed by atoms with van der Waals surface area (Å²) in [7, 11) is 2.33. The highest BCUT2D eigenvalue weighted by molar-refractivity contribution is 4.83. The van der Waals surface area contributed by atoms with Crippen LogP contribution in [0.25, 0.3) is 0 Å². The largest absolute Gasteiger partial charge is 0.314 e. The lowest BCUT2D eigenvalue weighted by Crippen LogP contribution is -2.41. The first-order chi connectivity index (χ1) is 8.29. The molecule has 0 bridgehead atoms. The third-order valence-corrected chi connectivity index (χ3v) is 4.44. The first kappa shape index (κ1) is 13.4. The Labute approximate surface area is 107 Å². The third kappa shape index (κ3) is 4.59. The standard InChI is InChI=1S/C15H30N2/c1-3-16-15-8-6-4-5-7-14(15)12-17(2)11-13-9-10-13/h13-16H,3-12H2,1-2H3. The van der Waals surface area contributed by atoms with E-state index in [0.29, 0.717) is 0 Å². The van der Waals surface area contributed by atoms with E-state index in [1.165, 1.54) is 58.0 Å². The van der Waals surface area contributed by atoms with Gasteiger partial charge >= 0.3 is 0 Å². The normalized spacial score (nSPS) is 30.5. The summed E-state index contributed by atoms with van der Waals surface area (Å²) in [4.78, 5) is 2.60. The Morgan fingerprint density at radius 3 is 2.47 bits per heavy atom. The highest BCUT2D eigenvalue weighted by atomic mass is 15.1. The first-order valence-electron chi connectivity index (χ1n) is 7.71. The monoisotopic (exact) mass is 238 g/mol. The van der Waals surface area contributed by atoms with Crippen molar-refractivity contribution in [3.05, 3.63) is 0 Å². The lowest BCUT2D eigenvalue weighted by atomic mass is 9.94. The molecule has 2 atom stereocenters. The molecule has 0 aliphatic heterocycles. The summed E-state index contributed by atoms with van der Waals surface area (Å²) in [6.07, 6.45) is 10.1. The van der Waals surface area contributed by atoms with Crippen LogP contribution in [0, 0.1) is 11.8 Å². The summed E-state index contributed by atoms with van der Waals surface area (Å²) in [5, 5.41) is 3.72. The predicted molar refractivity (Wildman–Crippen MR) is 74.3 cm³/mol. The second kappa shape index (κ2) is 6.75. The van der Waals surface area contributed by atoms with E-state index in [-0.39, 0.29) is 0 Å². The molecule has 100 valence electrons. The smallest absolute Gasteiger partial charge is 0.0107 e. The molecular weight excluding hydrogens is 208 g/mol. The first-order valence-corrected chi connectivity index (χ1v) is 7.71. The molecule has 0 saturated heterocycles. The number of rotatable bonds is 6. The van der Waals surface area contributed by atoms with Gasteiger partial charge in [-0.1, -0.05) is 26.2 Å². The van der Waals surface area contributed by atoms with E-state index in [1.807, 2.05) is 0 Å². The molecule has 0 radical (unpaired) electrons. The van der Waals surface area contributed by atoms with Gasteiger partial charge in [0.2, 0.25) is 0 Å². The molecule has 0 aromatic heterocycles. The zero-order valence-electron chi connectivity index (χ0n) is 11.8. The second-order valence-electron chi connectivity index (χ2n) is 6.23. The van der Waals surface area contributed by atoms with Crippen LogP contribution in [-0.4, -0.2) is 37.6 Å².